The molecule has 2 nitrogen and oxygen atoms in total. The van der Waals surface area contributed by atoms with Crippen LogP contribution in [0.5, 0.6) is 11.5 Å². The highest BCUT2D eigenvalue weighted by molar-refractivity contribution is 6.14. The van der Waals surface area contributed by atoms with Crippen molar-refractivity contribution < 1.29 is 9.47 Å². The van der Waals surface area contributed by atoms with Crippen molar-refractivity contribution in [3.8, 4) is 11.5 Å². The Bertz CT molecular complexity index is 1020. The highest BCUT2D eigenvalue weighted by Crippen LogP contribution is 2.37. The van der Waals surface area contributed by atoms with Gasteiger partial charge in [0.25, 0.3) is 0 Å². The summed E-state index contributed by atoms with van der Waals surface area (Å²) < 4.78 is 11.3. The lowest BCUT2D eigenvalue weighted by atomic mass is 9.97. The van der Waals surface area contributed by atoms with E-state index < -0.39 is 0 Å². The van der Waals surface area contributed by atoms with Crippen molar-refractivity contribution in [2.75, 3.05) is 13.7 Å². The molecule has 0 fully saturated rings. The van der Waals surface area contributed by atoms with E-state index in [0.29, 0.717) is 6.61 Å². The minimum absolute atomic E-state index is 0.653. The van der Waals surface area contributed by atoms with Crippen molar-refractivity contribution in [3.63, 3.8) is 0 Å². The molecule has 0 amide bonds. The lowest BCUT2D eigenvalue weighted by Gasteiger charge is -2.13. The van der Waals surface area contributed by atoms with Crippen LogP contribution in [0.1, 0.15) is 6.92 Å². The van der Waals surface area contributed by atoms with Gasteiger partial charge in [0.15, 0.2) is 0 Å². The Morgan fingerprint density at radius 2 is 1.52 bits per heavy atom. The van der Waals surface area contributed by atoms with E-state index in [1.807, 2.05) is 13.0 Å². The molecule has 0 radical (unpaired) electrons. The Morgan fingerprint density at radius 3 is 2.26 bits per heavy atom. The maximum Gasteiger partial charge on any atom is 0.127 e. The molecule has 0 atom stereocenters. The van der Waals surface area contributed by atoms with Crippen LogP contribution >= 0.6 is 0 Å². The van der Waals surface area contributed by atoms with Crippen molar-refractivity contribution in [1.82, 2.24) is 0 Å². The number of hydrogen-bond acceptors (Lipinski definition) is 2. The number of fused-ring (bicyclic) bond motifs is 4. The van der Waals surface area contributed by atoms with Crippen molar-refractivity contribution >= 4 is 32.3 Å². The monoisotopic (exact) mass is 302 g/mol. The van der Waals surface area contributed by atoms with Gasteiger partial charge in [0.2, 0.25) is 0 Å². The number of benzene rings is 4. The molecule has 0 bridgehead atoms. The first-order valence-corrected chi connectivity index (χ1v) is 7.86. The predicted octanol–water partition coefficient (Wildman–Crippen LogP) is 5.55. The molecule has 23 heavy (non-hydrogen) atoms. The molecule has 0 aliphatic heterocycles. The summed E-state index contributed by atoms with van der Waals surface area (Å²) in [5.74, 6) is 1.79. The Kier molecular flexibility index (Phi) is 3.30. The van der Waals surface area contributed by atoms with Gasteiger partial charge in [0.05, 0.1) is 13.7 Å². The summed E-state index contributed by atoms with van der Waals surface area (Å²) in [7, 11) is 1.70. The fourth-order valence-corrected chi connectivity index (χ4v) is 3.19. The van der Waals surface area contributed by atoms with Gasteiger partial charge in [-0.05, 0) is 70.3 Å². The van der Waals surface area contributed by atoms with Gasteiger partial charge in [-0.1, -0.05) is 24.3 Å². The maximum absolute atomic E-state index is 5.87. The second-order valence-electron chi connectivity index (χ2n) is 5.64. The van der Waals surface area contributed by atoms with Crippen LogP contribution < -0.4 is 9.47 Å². The zero-order valence-electron chi connectivity index (χ0n) is 13.3. The van der Waals surface area contributed by atoms with E-state index >= 15 is 0 Å². The summed E-state index contributed by atoms with van der Waals surface area (Å²) in [5, 5.41) is 7.18. The Labute approximate surface area is 135 Å². The fraction of sp³-hybridized carbons (Fsp3) is 0.143. The van der Waals surface area contributed by atoms with E-state index in [1.165, 1.54) is 21.5 Å². The third kappa shape index (κ3) is 2.27. The summed E-state index contributed by atoms with van der Waals surface area (Å²) in [4.78, 5) is 0. The molecule has 0 saturated heterocycles. The van der Waals surface area contributed by atoms with Gasteiger partial charge in [0, 0.05) is 5.39 Å². The molecule has 2 heteroatoms. The van der Waals surface area contributed by atoms with Crippen LogP contribution in [0, 0.1) is 0 Å². The normalized spacial score (nSPS) is 11.2. The minimum atomic E-state index is 0.653. The lowest BCUT2D eigenvalue weighted by Crippen LogP contribution is -1.93. The van der Waals surface area contributed by atoms with E-state index in [4.69, 9.17) is 9.47 Å². The van der Waals surface area contributed by atoms with Crippen LogP contribution in [0.15, 0.2) is 60.7 Å². The summed E-state index contributed by atoms with van der Waals surface area (Å²) >= 11 is 0. The molecule has 114 valence electrons. The molecule has 0 heterocycles. The molecule has 0 saturated carbocycles. The van der Waals surface area contributed by atoms with Gasteiger partial charge in [-0.25, -0.2) is 0 Å². The molecule has 0 spiro atoms. The highest BCUT2D eigenvalue weighted by atomic mass is 16.5. The molecule has 0 aromatic heterocycles. The number of methoxy groups -OCH3 is 1. The number of hydrogen-bond donors (Lipinski definition) is 0. The summed E-state index contributed by atoms with van der Waals surface area (Å²) in [6.45, 7) is 2.67. The van der Waals surface area contributed by atoms with E-state index in [2.05, 4.69) is 54.6 Å². The van der Waals surface area contributed by atoms with Crippen molar-refractivity contribution in [1.29, 1.82) is 0 Å². The highest BCUT2D eigenvalue weighted by Gasteiger charge is 2.10. The van der Waals surface area contributed by atoms with E-state index in [9.17, 15) is 0 Å². The van der Waals surface area contributed by atoms with Crippen molar-refractivity contribution in [2.24, 2.45) is 0 Å². The molecule has 4 rings (SSSR count). The third-order valence-corrected chi connectivity index (χ3v) is 4.29. The Balaban J connectivity index is 2.16. The minimum Gasteiger partial charge on any atom is -0.497 e. The second-order valence-corrected chi connectivity index (χ2v) is 5.64. The lowest BCUT2D eigenvalue weighted by molar-refractivity contribution is 0.344. The molecule has 0 N–H and O–H groups in total. The smallest absolute Gasteiger partial charge is 0.127 e. The quantitative estimate of drug-likeness (QED) is 0.365. The van der Waals surface area contributed by atoms with Crippen LogP contribution in [0.3, 0.4) is 0 Å². The van der Waals surface area contributed by atoms with Crippen LogP contribution in [-0.2, 0) is 0 Å². The zero-order chi connectivity index (χ0) is 15.8. The molecule has 0 aliphatic carbocycles. The summed E-state index contributed by atoms with van der Waals surface area (Å²) in [6, 6.07) is 21.2. The third-order valence-electron chi connectivity index (χ3n) is 4.29. The van der Waals surface area contributed by atoms with Crippen LogP contribution in [0.2, 0.25) is 0 Å². The van der Waals surface area contributed by atoms with Crippen LogP contribution in [0.25, 0.3) is 32.3 Å². The molecular weight excluding hydrogens is 284 g/mol. The summed E-state index contributed by atoms with van der Waals surface area (Å²) in [5.41, 5.74) is 0. The zero-order valence-corrected chi connectivity index (χ0v) is 13.3. The van der Waals surface area contributed by atoms with E-state index in [-0.39, 0.29) is 0 Å². The SMILES string of the molecule is CCOc1cc2cc3ccccc3cc2c2cc(OC)ccc12. The topological polar surface area (TPSA) is 18.5 Å². The van der Waals surface area contributed by atoms with Gasteiger partial charge in [-0.2, -0.15) is 0 Å². The van der Waals surface area contributed by atoms with Crippen LogP contribution in [-0.4, -0.2) is 13.7 Å². The fourth-order valence-electron chi connectivity index (χ4n) is 3.19. The van der Waals surface area contributed by atoms with Gasteiger partial charge in [-0.3, -0.25) is 0 Å². The average molecular weight is 302 g/mol. The Hall–Kier alpha value is -2.74. The number of ether oxygens (including phenoxy) is 2. The average Bonchev–Trinajstić information content (AvgIpc) is 2.60. The first-order valence-electron chi connectivity index (χ1n) is 7.86. The largest absolute Gasteiger partial charge is 0.497 e. The first-order chi connectivity index (χ1) is 11.3. The number of rotatable bonds is 3. The maximum atomic E-state index is 5.87. The van der Waals surface area contributed by atoms with Gasteiger partial charge >= 0.3 is 0 Å². The second kappa shape index (κ2) is 5.47. The van der Waals surface area contributed by atoms with Crippen molar-refractivity contribution in [3.05, 3.63) is 60.7 Å². The molecule has 0 aliphatic rings. The van der Waals surface area contributed by atoms with E-state index in [1.54, 1.807) is 7.11 Å². The molecule has 0 unspecified atom stereocenters. The summed E-state index contributed by atoms with van der Waals surface area (Å²) in [6.07, 6.45) is 0. The first kappa shape index (κ1) is 13.9. The van der Waals surface area contributed by atoms with Gasteiger partial charge in [0.1, 0.15) is 11.5 Å². The standard InChI is InChI=1S/C21H18O2/c1-3-23-21-12-16-10-14-6-4-5-7-15(14)11-19(16)20-13-17(22-2)8-9-18(20)21/h4-13H,3H2,1-2H3. The van der Waals surface area contributed by atoms with Gasteiger partial charge < -0.3 is 9.47 Å². The van der Waals surface area contributed by atoms with Gasteiger partial charge in [-0.15, -0.1) is 0 Å². The Morgan fingerprint density at radius 1 is 0.739 bits per heavy atom. The predicted molar refractivity (Wildman–Crippen MR) is 96.7 cm³/mol. The van der Waals surface area contributed by atoms with E-state index in [0.717, 1.165) is 22.3 Å². The van der Waals surface area contributed by atoms with Crippen LogP contribution in [0.4, 0.5) is 0 Å². The molecule has 4 aromatic carbocycles. The molecule has 4 aromatic rings. The van der Waals surface area contributed by atoms with Crippen molar-refractivity contribution in [2.45, 2.75) is 6.92 Å². The molecular formula is C21H18O2.